The second-order valence-electron chi connectivity index (χ2n) is 4.80. The van der Waals surface area contributed by atoms with Crippen LogP contribution in [-0.2, 0) is 13.2 Å². The van der Waals surface area contributed by atoms with Gasteiger partial charge in [-0.05, 0) is 41.7 Å². The predicted octanol–water partition coefficient (Wildman–Crippen LogP) is 2.60. The monoisotopic (exact) mass is 289 g/mol. The van der Waals surface area contributed by atoms with Crippen molar-refractivity contribution in [3.63, 3.8) is 0 Å². The van der Waals surface area contributed by atoms with Gasteiger partial charge in [-0.3, -0.25) is 0 Å². The fourth-order valence-electron chi connectivity index (χ4n) is 2.07. The molecule has 0 spiro atoms. The number of aromatic nitrogens is 1. The Morgan fingerprint density at radius 2 is 2.25 bits per heavy atom. The minimum absolute atomic E-state index is 0.0268. The molecule has 0 amide bonds. The molecule has 5 heteroatoms. The van der Waals surface area contributed by atoms with Crippen molar-refractivity contribution >= 4 is 29.2 Å². The first kappa shape index (κ1) is 14.8. The smallest absolute Gasteiger partial charge is 0.0831 e. The molecule has 2 aromatic rings. The highest BCUT2D eigenvalue weighted by atomic mass is 32.1. The fraction of sp³-hybridized carbons (Fsp3) is 0.267. The molecule has 0 aliphatic rings. The van der Waals surface area contributed by atoms with E-state index in [1.54, 1.807) is 13.0 Å². The van der Waals surface area contributed by atoms with Gasteiger partial charge in [0.2, 0.25) is 0 Å². The lowest BCUT2D eigenvalue weighted by molar-refractivity contribution is 0.278. The fourth-order valence-corrected chi connectivity index (χ4v) is 2.38. The van der Waals surface area contributed by atoms with Crippen LogP contribution in [0.4, 0.5) is 0 Å². The highest BCUT2D eigenvalue weighted by Crippen LogP contribution is 2.17. The molecule has 20 heavy (non-hydrogen) atoms. The molecule has 0 atom stereocenters. The number of fused-ring (bicyclic) bond motifs is 1. The van der Waals surface area contributed by atoms with E-state index < -0.39 is 0 Å². The largest absolute Gasteiger partial charge is 0.390 e. The lowest BCUT2D eigenvalue weighted by Crippen LogP contribution is -2.15. The van der Waals surface area contributed by atoms with Gasteiger partial charge in [0.25, 0.3) is 0 Å². The van der Waals surface area contributed by atoms with Crippen LogP contribution in [0.3, 0.4) is 0 Å². The van der Waals surface area contributed by atoms with Crippen LogP contribution in [0.2, 0.25) is 0 Å². The average Bonchev–Trinajstić information content (AvgIpc) is 2.80. The minimum atomic E-state index is 0.0268. The SMILES string of the molecule is CC(=N)/C=C(\S)CNCc1ccc2[nH]c(CO)cc2c1. The summed E-state index contributed by atoms with van der Waals surface area (Å²) in [5, 5.41) is 20.9. The topological polar surface area (TPSA) is 71.9 Å². The van der Waals surface area contributed by atoms with Crippen molar-refractivity contribution in [2.75, 3.05) is 6.54 Å². The Labute approximate surface area is 123 Å². The molecule has 1 aromatic heterocycles. The summed E-state index contributed by atoms with van der Waals surface area (Å²) < 4.78 is 0. The third kappa shape index (κ3) is 3.96. The Bertz CT molecular complexity index is 646. The van der Waals surface area contributed by atoms with Gasteiger partial charge >= 0.3 is 0 Å². The van der Waals surface area contributed by atoms with E-state index in [1.165, 1.54) is 5.56 Å². The Morgan fingerprint density at radius 1 is 1.45 bits per heavy atom. The van der Waals surface area contributed by atoms with Crippen molar-refractivity contribution in [2.45, 2.75) is 20.1 Å². The van der Waals surface area contributed by atoms with Crippen molar-refractivity contribution in [3.8, 4) is 0 Å². The first-order valence-corrected chi connectivity index (χ1v) is 6.90. The first-order chi connectivity index (χ1) is 9.58. The third-order valence-corrected chi connectivity index (χ3v) is 3.22. The number of aromatic amines is 1. The molecule has 2 rings (SSSR count). The summed E-state index contributed by atoms with van der Waals surface area (Å²) in [5.41, 5.74) is 3.54. The van der Waals surface area contributed by atoms with E-state index in [1.807, 2.05) is 12.1 Å². The second kappa shape index (κ2) is 6.74. The average molecular weight is 289 g/mol. The van der Waals surface area contributed by atoms with Gasteiger partial charge in [0.15, 0.2) is 0 Å². The quantitative estimate of drug-likeness (QED) is 0.419. The summed E-state index contributed by atoms with van der Waals surface area (Å²) in [6, 6.07) is 8.13. The summed E-state index contributed by atoms with van der Waals surface area (Å²) in [6.45, 7) is 3.14. The van der Waals surface area contributed by atoms with Gasteiger partial charge in [0.1, 0.15) is 0 Å². The summed E-state index contributed by atoms with van der Waals surface area (Å²) in [5.74, 6) is 0. The number of aliphatic hydroxyl groups is 1. The number of aliphatic hydroxyl groups excluding tert-OH is 1. The van der Waals surface area contributed by atoms with Crippen molar-refractivity contribution in [2.24, 2.45) is 0 Å². The number of hydrogen-bond acceptors (Lipinski definition) is 4. The van der Waals surface area contributed by atoms with Crippen LogP contribution in [0.1, 0.15) is 18.2 Å². The van der Waals surface area contributed by atoms with E-state index in [2.05, 4.69) is 35.1 Å². The zero-order valence-corrected chi connectivity index (χ0v) is 12.3. The summed E-state index contributed by atoms with van der Waals surface area (Å²) in [7, 11) is 0. The van der Waals surface area contributed by atoms with Crippen LogP contribution in [0.15, 0.2) is 35.2 Å². The van der Waals surface area contributed by atoms with Gasteiger partial charge in [-0.25, -0.2) is 0 Å². The Hall–Kier alpha value is -1.56. The number of H-pyrrole nitrogens is 1. The first-order valence-electron chi connectivity index (χ1n) is 6.45. The molecule has 0 bridgehead atoms. The van der Waals surface area contributed by atoms with Gasteiger partial charge in [0.05, 0.1) is 6.61 Å². The van der Waals surface area contributed by atoms with Crippen molar-refractivity contribution < 1.29 is 5.11 Å². The molecule has 4 N–H and O–H groups in total. The molecule has 4 nitrogen and oxygen atoms in total. The van der Waals surface area contributed by atoms with E-state index in [9.17, 15) is 0 Å². The molecule has 0 radical (unpaired) electrons. The van der Waals surface area contributed by atoms with E-state index >= 15 is 0 Å². The second-order valence-corrected chi connectivity index (χ2v) is 5.37. The van der Waals surface area contributed by atoms with E-state index in [0.717, 1.165) is 28.0 Å². The maximum Gasteiger partial charge on any atom is 0.0831 e. The van der Waals surface area contributed by atoms with Crippen molar-refractivity contribution in [3.05, 3.63) is 46.5 Å². The molecule has 0 fully saturated rings. The predicted molar refractivity (Wildman–Crippen MR) is 86.4 cm³/mol. The molecule has 106 valence electrons. The van der Waals surface area contributed by atoms with Crippen LogP contribution in [0.25, 0.3) is 10.9 Å². The summed E-state index contributed by atoms with van der Waals surface area (Å²) in [6.07, 6.45) is 1.74. The van der Waals surface area contributed by atoms with E-state index in [4.69, 9.17) is 10.5 Å². The van der Waals surface area contributed by atoms with Gasteiger partial charge < -0.3 is 20.8 Å². The number of nitrogens with one attached hydrogen (secondary N) is 3. The summed E-state index contributed by atoms with van der Waals surface area (Å²) >= 11 is 4.32. The van der Waals surface area contributed by atoms with Gasteiger partial charge in [-0.15, -0.1) is 12.6 Å². The molecular formula is C15H19N3OS. The number of rotatable bonds is 6. The molecule has 0 saturated carbocycles. The molecule has 0 aliphatic carbocycles. The zero-order chi connectivity index (χ0) is 14.5. The molecule has 0 aliphatic heterocycles. The van der Waals surface area contributed by atoms with Gasteiger partial charge in [0, 0.05) is 35.4 Å². The standard InChI is InChI=1S/C15H19N3OS/c1-10(16)4-14(20)8-17-7-11-2-3-15-12(5-11)6-13(9-19)18-15/h2-6,16-20H,7-9H2,1H3/b14-4-,16-10?. The van der Waals surface area contributed by atoms with Crippen LogP contribution >= 0.6 is 12.6 Å². The minimum Gasteiger partial charge on any atom is -0.390 e. The molecule has 1 aromatic carbocycles. The van der Waals surface area contributed by atoms with Crippen LogP contribution < -0.4 is 5.32 Å². The number of allylic oxidation sites excluding steroid dienone is 1. The van der Waals surface area contributed by atoms with E-state index in [-0.39, 0.29) is 6.61 Å². The molecule has 1 heterocycles. The van der Waals surface area contributed by atoms with Crippen LogP contribution in [0, 0.1) is 5.41 Å². The number of thiol groups is 1. The van der Waals surface area contributed by atoms with E-state index in [0.29, 0.717) is 12.3 Å². The Balaban J connectivity index is 1.98. The van der Waals surface area contributed by atoms with Gasteiger partial charge in [-0.2, -0.15) is 0 Å². The highest BCUT2D eigenvalue weighted by molar-refractivity contribution is 7.84. The summed E-state index contributed by atoms with van der Waals surface area (Å²) in [4.78, 5) is 4.00. The maximum absolute atomic E-state index is 9.11. The van der Waals surface area contributed by atoms with Crippen LogP contribution in [-0.4, -0.2) is 22.3 Å². The third-order valence-electron chi connectivity index (χ3n) is 2.93. The lowest BCUT2D eigenvalue weighted by atomic mass is 10.1. The molecule has 0 saturated heterocycles. The molecule has 0 unspecified atom stereocenters. The number of benzene rings is 1. The van der Waals surface area contributed by atoms with Crippen LogP contribution in [0.5, 0.6) is 0 Å². The zero-order valence-electron chi connectivity index (χ0n) is 11.4. The Kier molecular flexibility index (Phi) is 5.00. The van der Waals surface area contributed by atoms with Gasteiger partial charge in [-0.1, -0.05) is 6.07 Å². The highest BCUT2D eigenvalue weighted by Gasteiger charge is 2.01. The van der Waals surface area contributed by atoms with Crippen molar-refractivity contribution in [1.29, 1.82) is 5.41 Å². The molecular weight excluding hydrogens is 270 g/mol. The normalized spacial score (nSPS) is 12.1. The Morgan fingerprint density at radius 3 is 2.95 bits per heavy atom. The maximum atomic E-state index is 9.11. The lowest BCUT2D eigenvalue weighted by Gasteiger charge is -2.05. The van der Waals surface area contributed by atoms with Crippen molar-refractivity contribution in [1.82, 2.24) is 10.3 Å². The number of hydrogen-bond donors (Lipinski definition) is 5.